The highest BCUT2D eigenvalue weighted by molar-refractivity contribution is 6.16. The first kappa shape index (κ1) is 50.7. The molecule has 11 nitrogen and oxygen atoms in total. The summed E-state index contributed by atoms with van der Waals surface area (Å²) in [4.78, 5) is 73.4. The zero-order valence-electron chi connectivity index (χ0n) is 38.4. The topological polar surface area (TPSA) is 168 Å². The van der Waals surface area contributed by atoms with E-state index in [4.69, 9.17) is 19.9 Å². The van der Waals surface area contributed by atoms with Gasteiger partial charge in [0.15, 0.2) is 46.2 Å². The molecule has 11 heteroatoms. The minimum atomic E-state index is -0.306. The van der Waals surface area contributed by atoms with Gasteiger partial charge in [-0.2, -0.15) is 0 Å². The van der Waals surface area contributed by atoms with Gasteiger partial charge >= 0.3 is 0 Å². The highest BCUT2D eigenvalue weighted by Gasteiger charge is 2.21. The number of carbonyl (C=O) groups is 6. The maximum absolute atomic E-state index is 12.6. The fraction of sp³-hybridized carbons (Fsp3) is 0.200. The number of carbonyl (C=O) groups excluding carboxylic acids is 6. The quantitative estimate of drug-likeness (QED) is 0.0508. The molecule has 0 spiro atoms. The van der Waals surface area contributed by atoms with Crippen molar-refractivity contribution in [3.8, 4) is 17.2 Å². The van der Waals surface area contributed by atoms with Crippen LogP contribution in [0.2, 0.25) is 0 Å². The van der Waals surface area contributed by atoms with E-state index in [0.717, 1.165) is 11.3 Å². The molecule has 0 aliphatic heterocycles. The monoisotopic (exact) mass is 888 g/mol. The lowest BCUT2D eigenvalue weighted by Crippen LogP contribution is -2.12. The van der Waals surface area contributed by atoms with Crippen LogP contribution in [0.15, 0.2) is 158 Å². The standard InChI is InChI=1S/C22H26O5.C18H17NO2.C15H13NO2/c1-22(2,3)16-9-7-14(8-10-16)17(23)13-18(24)15-11-19(25-4)21(27-6)20(12-15)26-5;1-13(2)19-16-11-7-6-10-15(16)18(21)12-17(20)14-8-4-3-5-9-14;16-13-9-5-4-8-12(13)15(18)10-14(17)11-6-2-1-3-7-11/h7-12H,13H2,1-6H3;3-11,19H,1,12H2,2H3;1-9H,10,16H2. The van der Waals surface area contributed by atoms with E-state index in [1.54, 1.807) is 115 Å². The van der Waals surface area contributed by atoms with Gasteiger partial charge in [0.2, 0.25) is 5.75 Å². The molecule has 3 N–H and O–H groups in total. The van der Waals surface area contributed by atoms with E-state index in [-0.39, 0.29) is 59.4 Å². The zero-order valence-corrected chi connectivity index (χ0v) is 38.4. The molecule has 0 radical (unpaired) electrons. The molecule has 340 valence electrons. The number of ketones is 6. The maximum Gasteiger partial charge on any atom is 0.203 e. The van der Waals surface area contributed by atoms with Gasteiger partial charge in [-0.3, -0.25) is 28.8 Å². The fourth-order valence-electron chi connectivity index (χ4n) is 6.50. The van der Waals surface area contributed by atoms with Crippen molar-refractivity contribution in [1.29, 1.82) is 0 Å². The smallest absolute Gasteiger partial charge is 0.203 e. The van der Waals surface area contributed by atoms with E-state index >= 15 is 0 Å². The lowest BCUT2D eigenvalue weighted by molar-refractivity contribution is 0.0878. The van der Waals surface area contributed by atoms with Crippen molar-refractivity contribution >= 4 is 46.1 Å². The third-order valence-corrected chi connectivity index (χ3v) is 10.1. The third kappa shape index (κ3) is 14.6. The van der Waals surface area contributed by atoms with Crippen molar-refractivity contribution in [2.24, 2.45) is 0 Å². The number of hydrogen-bond donors (Lipinski definition) is 2. The number of benzene rings is 6. The van der Waals surface area contributed by atoms with E-state index in [1.165, 1.54) is 21.3 Å². The summed E-state index contributed by atoms with van der Waals surface area (Å²) in [5.74, 6) is -0.192. The molecule has 6 aromatic rings. The second-order valence-electron chi connectivity index (χ2n) is 16.1. The Kier molecular flexibility index (Phi) is 18.6. The minimum Gasteiger partial charge on any atom is -0.493 e. The zero-order chi connectivity index (χ0) is 48.4. The average molecular weight is 889 g/mol. The van der Waals surface area contributed by atoms with Crippen molar-refractivity contribution in [3.05, 3.63) is 197 Å². The SMILES string of the molecule is C=C(C)Nc1ccccc1C(=O)CC(=O)c1ccccc1.COc1cc(C(=O)CC(=O)c2ccc(C(C)(C)C)cc2)cc(OC)c1OC.Nc1ccccc1C(=O)CC(=O)c1ccccc1. The Balaban J connectivity index is 0.000000221. The molecule has 0 heterocycles. The van der Waals surface area contributed by atoms with Gasteiger partial charge in [-0.25, -0.2) is 0 Å². The first-order valence-electron chi connectivity index (χ1n) is 21.0. The fourth-order valence-corrected chi connectivity index (χ4v) is 6.50. The molecule has 0 bridgehead atoms. The molecule has 6 aromatic carbocycles. The highest BCUT2D eigenvalue weighted by atomic mass is 16.5. The van der Waals surface area contributed by atoms with Crippen LogP contribution in [0.4, 0.5) is 11.4 Å². The Labute approximate surface area is 386 Å². The molecule has 66 heavy (non-hydrogen) atoms. The largest absolute Gasteiger partial charge is 0.493 e. The third-order valence-electron chi connectivity index (χ3n) is 10.1. The number of hydrogen-bond acceptors (Lipinski definition) is 11. The van der Waals surface area contributed by atoms with E-state index < -0.39 is 0 Å². The molecule has 0 saturated carbocycles. The molecule has 0 saturated heterocycles. The number of rotatable bonds is 17. The Bertz CT molecular complexity index is 2640. The lowest BCUT2D eigenvalue weighted by atomic mass is 9.86. The molecular formula is C55H56N2O9. The van der Waals surface area contributed by atoms with E-state index in [1.807, 2.05) is 37.3 Å². The van der Waals surface area contributed by atoms with Gasteiger partial charge in [0, 0.05) is 50.5 Å². The summed E-state index contributed by atoms with van der Waals surface area (Å²) in [6, 6.07) is 42.0. The molecule has 0 unspecified atom stereocenters. The predicted octanol–water partition coefficient (Wildman–Crippen LogP) is 11.3. The predicted molar refractivity (Wildman–Crippen MR) is 260 cm³/mol. The number of nitrogens with two attached hydrogens (primary N) is 1. The lowest BCUT2D eigenvalue weighted by Gasteiger charge is -2.19. The van der Waals surface area contributed by atoms with Gasteiger partial charge in [0.1, 0.15) is 0 Å². The molecule has 6 rings (SSSR count). The molecule has 0 atom stereocenters. The Morgan fingerprint density at radius 2 is 0.894 bits per heavy atom. The van der Waals surface area contributed by atoms with Gasteiger partial charge in [-0.05, 0) is 54.3 Å². The summed E-state index contributed by atoms with van der Waals surface area (Å²) in [6.45, 7) is 11.9. The van der Waals surface area contributed by atoms with Crippen molar-refractivity contribution in [2.45, 2.75) is 52.4 Å². The summed E-state index contributed by atoms with van der Waals surface area (Å²) in [5, 5.41) is 3.04. The van der Waals surface area contributed by atoms with Crippen LogP contribution in [0.1, 0.15) is 115 Å². The van der Waals surface area contributed by atoms with Crippen LogP contribution in [0.5, 0.6) is 17.2 Å². The number of methoxy groups -OCH3 is 3. The van der Waals surface area contributed by atoms with Crippen LogP contribution in [-0.4, -0.2) is 56.0 Å². The first-order chi connectivity index (χ1) is 31.5. The number of nitrogens with one attached hydrogen (secondary N) is 1. The van der Waals surface area contributed by atoms with Gasteiger partial charge in [0.05, 0.1) is 40.6 Å². The van der Waals surface area contributed by atoms with Crippen molar-refractivity contribution < 1.29 is 43.0 Å². The van der Waals surface area contributed by atoms with E-state index in [9.17, 15) is 28.8 Å². The number of ether oxygens (including phenoxy) is 3. The van der Waals surface area contributed by atoms with E-state index in [0.29, 0.717) is 62.0 Å². The van der Waals surface area contributed by atoms with Crippen LogP contribution in [-0.2, 0) is 5.41 Å². The Morgan fingerprint density at radius 3 is 1.33 bits per heavy atom. The number of allylic oxidation sites excluding steroid dienone is 1. The van der Waals surface area contributed by atoms with Gasteiger partial charge in [-0.1, -0.05) is 137 Å². The van der Waals surface area contributed by atoms with Crippen LogP contribution >= 0.6 is 0 Å². The van der Waals surface area contributed by atoms with Crippen LogP contribution < -0.4 is 25.3 Å². The number of Topliss-reactive ketones (excluding diaryl/α,β-unsaturated/α-hetero) is 6. The van der Waals surface area contributed by atoms with Crippen LogP contribution in [0.3, 0.4) is 0 Å². The summed E-state index contributed by atoms with van der Waals surface area (Å²) in [5.41, 5.74) is 11.5. The molecule has 0 aliphatic rings. The first-order valence-corrected chi connectivity index (χ1v) is 21.0. The summed E-state index contributed by atoms with van der Waals surface area (Å²) >= 11 is 0. The summed E-state index contributed by atoms with van der Waals surface area (Å²) in [7, 11) is 4.45. The molecule has 0 amide bonds. The average Bonchev–Trinajstić information content (AvgIpc) is 3.31. The maximum atomic E-state index is 12.6. The van der Waals surface area contributed by atoms with Gasteiger partial charge < -0.3 is 25.3 Å². The normalized spacial score (nSPS) is 10.4. The molecule has 0 fully saturated rings. The van der Waals surface area contributed by atoms with Gasteiger partial charge in [-0.15, -0.1) is 0 Å². The number of para-hydroxylation sites is 2. The summed E-state index contributed by atoms with van der Waals surface area (Å²) in [6.07, 6.45) is -0.523. The Morgan fingerprint density at radius 1 is 0.500 bits per heavy atom. The second kappa shape index (κ2) is 24.2. The minimum absolute atomic E-state index is 0.00754. The van der Waals surface area contributed by atoms with Crippen LogP contribution in [0.25, 0.3) is 0 Å². The highest BCUT2D eigenvalue weighted by Crippen LogP contribution is 2.38. The molecule has 0 aliphatic carbocycles. The Hall–Kier alpha value is -7.92. The number of anilines is 2. The van der Waals surface area contributed by atoms with Gasteiger partial charge in [0.25, 0.3) is 0 Å². The second-order valence-corrected chi connectivity index (χ2v) is 16.1. The summed E-state index contributed by atoms with van der Waals surface area (Å²) < 4.78 is 15.8. The van der Waals surface area contributed by atoms with E-state index in [2.05, 4.69) is 32.7 Å². The van der Waals surface area contributed by atoms with Crippen molar-refractivity contribution in [2.75, 3.05) is 32.4 Å². The van der Waals surface area contributed by atoms with Crippen LogP contribution in [0, 0.1) is 0 Å². The van der Waals surface area contributed by atoms with Crippen molar-refractivity contribution in [1.82, 2.24) is 0 Å². The molecule has 0 aromatic heterocycles. The molecular weight excluding hydrogens is 833 g/mol. The number of nitrogen functional groups attached to an aromatic ring is 1. The van der Waals surface area contributed by atoms with Crippen molar-refractivity contribution in [3.63, 3.8) is 0 Å².